The molecule has 1 N–H and O–H groups in total. The maximum absolute atomic E-state index is 13.1. The van der Waals surface area contributed by atoms with Crippen LogP contribution in [0.3, 0.4) is 0 Å². The van der Waals surface area contributed by atoms with Gasteiger partial charge in [-0.15, -0.1) is 0 Å². The zero-order valence-electron chi connectivity index (χ0n) is 16.4. The first-order chi connectivity index (χ1) is 13.2. The average Bonchev–Trinajstić information content (AvgIpc) is 2.73. The van der Waals surface area contributed by atoms with Gasteiger partial charge in [-0.3, -0.25) is 4.79 Å². The van der Waals surface area contributed by atoms with E-state index < -0.39 is 0 Å². The second-order valence-corrected chi connectivity index (χ2v) is 8.28. The SMILES string of the molecule is C[C@H](C(=O)N1CCC(Cc2ccccc2)CC1)[NH+]1CCc2ccccc2C1. The highest BCUT2D eigenvalue weighted by atomic mass is 16.2. The molecule has 3 heteroatoms. The number of hydrogen-bond donors (Lipinski definition) is 1. The van der Waals surface area contributed by atoms with Crippen LogP contribution in [-0.4, -0.2) is 36.5 Å². The first-order valence-electron chi connectivity index (χ1n) is 10.4. The quantitative estimate of drug-likeness (QED) is 0.887. The largest absolute Gasteiger partial charge is 0.338 e. The lowest BCUT2D eigenvalue weighted by Gasteiger charge is -2.36. The Morgan fingerprint density at radius 3 is 2.44 bits per heavy atom. The fraction of sp³-hybridized carbons (Fsp3) is 0.458. The Kier molecular flexibility index (Phi) is 5.58. The van der Waals surface area contributed by atoms with Gasteiger partial charge in [-0.1, -0.05) is 54.6 Å². The summed E-state index contributed by atoms with van der Waals surface area (Å²) in [6, 6.07) is 19.5. The van der Waals surface area contributed by atoms with Crippen LogP contribution in [0.15, 0.2) is 54.6 Å². The number of nitrogens with zero attached hydrogens (tertiary/aromatic N) is 1. The predicted molar refractivity (Wildman–Crippen MR) is 109 cm³/mol. The van der Waals surface area contributed by atoms with E-state index in [0.717, 1.165) is 51.9 Å². The summed E-state index contributed by atoms with van der Waals surface area (Å²) in [5, 5.41) is 0. The molecule has 2 aromatic carbocycles. The molecule has 2 atom stereocenters. The Balaban J connectivity index is 1.30. The molecular formula is C24H31N2O+. The summed E-state index contributed by atoms with van der Waals surface area (Å²) in [5.74, 6) is 1.06. The van der Waals surface area contributed by atoms with Crippen LogP contribution in [0.2, 0.25) is 0 Å². The first kappa shape index (κ1) is 18.2. The van der Waals surface area contributed by atoms with E-state index in [4.69, 9.17) is 0 Å². The Morgan fingerprint density at radius 2 is 1.70 bits per heavy atom. The highest BCUT2D eigenvalue weighted by molar-refractivity contribution is 5.80. The van der Waals surface area contributed by atoms with E-state index in [1.807, 2.05) is 0 Å². The van der Waals surface area contributed by atoms with Crippen LogP contribution in [0.5, 0.6) is 0 Å². The minimum absolute atomic E-state index is 0.0593. The molecule has 3 nitrogen and oxygen atoms in total. The third kappa shape index (κ3) is 4.24. The van der Waals surface area contributed by atoms with Crippen molar-refractivity contribution < 1.29 is 9.69 Å². The molecule has 2 aliphatic rings. The Bertz CT molecular complexity index is 765. The van der Waals surface area contributed by atoms with E-state index in [1.54, 1.807) is 0 Å². The van der Waals surface area contributed by atoms with E-state index in [9.17, 15) is 4.79 Å². The number of carbonyl (C=O) groups excluding carboxylic acids is 1. The monoisotopic (exact) mass is 363 g/mol. The lowest BCUT2D eigenvalue weighted by atomic mass is 9.90. The number of nitrogens with one attached hydrogen (secondary N) is 1. The first-order valence-corrected chi connectivity index (χ1v) is 10.4. The lowest BCUT2D eigenvalue weighted by Crippen LogP contribution is -3.16. The van der Waals surface area contributed by atoms with Gasteiger partial charge in [-0.25, -0.2) is 0 Å². The van der Waals surface area contributed by atoms with Crippen molar-refractivity contribution in [1.29, 1.82) is 0 Å². The third-order valence-electron chi connectivity index (χ3n) is 6.53. The molecule has 1 amide bonds. The van der Waals surface area contributed by atoms with Gasteiger partial charge in [0, 0.05) is 25.1 Å². The number of amides is 1. The smallest absolute Gasteiger partial charge is 0.280 e. The molecule has 0 aromatic heterocycles. The van der Waals surface area contributed by atoms with Crippen molar-refractivity contribution in [2.45, 2.75) is 45.2 Å². The Labute approximate surface area is 163 Å². The minimum atomic E-state index is 0.0593. The van der Waals surface area contributed by atoms with Crippen molar-refractivity contribution in [2.24, 2.45) is 5.92 Å². The highest BCUT2D eigenvalue weighted by Crippen LogP contribution is 2.22. The van der Waals surface area contributed by atoms with E-state index >= 15 is 0 Å². The maximum atomic E-state index is 13.1. The molecule has 2 aliphatic heterocycles. The summed E-state index contributed by atoms with van der Waals surface area (Å²) < 4.78 is 0. The fourth-order valence-corrected chi connectivity index (χ4v) is 4.73. The zero-order valence-corrected chi connectivity index (χ0v) is 16.4. The van der Waals surface area contributed by atoms with Gasteiger partial charge in [-0.05, 0) is 43.2 Å². The van der Waals surface area contributed by atoms with Gasteiger partial charge in [0.15, 0.2) is 6.04 Å². The molecule has 27 heavy (non-hydrogen) atoms. The van der Waals surface area contributed by atoms with Gasteiger partial charge in [0.2, 0.25) is 0 Å². The second-order valence-electron chi connectivity index (χ2n) is 8.28. The number of fused-ring (bicyclic) bond motifs is 1. The topological polar surface area (TPSA) is 24.8 Å². The summed E-state index contributed by atoms with van der Waals surface area (Å²) >= 11 is 0. The van der Waals surface area contributed by atoms with Gasteiger partial charge in [0.25, 0.3) is 5.91 Å². The van der Waals surface area contributed by atoms with Gasteiger partial charge >= 0.3 is 0 Å². The summed E-state index contributed by atoms with van der Waals surface area (Å²) in [6.07, 6.45) is 4.49. The molecule has 142 valence electrons. The number of likely N-dealkylation sites (tertiary alicyclic amines) is 1. The van der Waals surface area contributed by atoms with Gasteiger partial charge in [0.05, 0.1) is 6.54 Å². The second kappa shape index (κ2) is 8.26. The minimum Gasteiger partial charge on any atom is -0.338 e. The van der Waals surface area contributed by atoms with Gasteiger partial charge < -0.3 is 9.80 Å². The van der Waals surface area contributed by atoms with Crippen LogP contribution < -0.4 is 4.90 Å². The summed E-state index contributed by atoms with van der Waals surface area (Å²) in [7, 11) is 0. The number of rotatable bonds is 4. The van der Waals surface area contributed by atoms with Crippen LogP contribution in [0.4, 0.5) is 0 Å². The van der Waals surface area contributed by atoms with Crippen molar-refractivity contribution in [3.8, 4) is 0 Å². The molecule has 1 saturated heterocycles. The molecule has 0 saturated carbocycles. The molecule has 4 rings (SSSR count). The number of piperidine rings is 1. The third-order valence-corrected chi connectivity index (χ3v) is 6.53. The number of carbonyl (C=O) groups is 1. The Hall–Kier alpha value is -2.13. The van der Waals surface area contributed by atoms with Crippen molar-refractivity contribution in [2.75, 3.05) is 19.6 Å². The normalized spacial score (nSPS) is 21.5. The van der Waals surface area contributed by atoms with Gasteiger partial charge in [-0.2, -0.15) is 0 Å². The predicted octanol–water partition coefficient (Wildman–Crippen LogP) is 2.50. The molecule has 0 bridgehead atoms. The summed E-state index contributed by atoms with van der Waals surface area (Å²) in [6.45, 7) is 6.01. The zero-order chi connectivity index (χ0) is 18.6. The van der Waals surface area contributed by atoms with E-state index in [2.05, 4.69) is 66.4 Å². The molecule has 1 fully saturated rings. The summed E-state index contributed by atoms with van der Waals surface area (Å²) in [4.78, 5) is 16.6. The molecule has 0 spiro atoms. The molecule has 1 unspecified atom stereocenters. The van der Waals surface area contributed by atoms with Crippen molar-refractivity contribution in [3.05, 3.63) is 71.3 Å². The molecule has 0 radical (unpaired) electrons. The van der Waals surface area contributed by atoms with Crippen molar-refractivity contribution >= 4 is 5.91 Å². The van der Waals surface area contributed by atoms with Crippen LogP contribution in [0.1, 0.15) is 36.5 Å². The number of benzene rings is 2. The number of quaternary nitrogens is 1. The van der Waals surface area contributed by atoms with Crippen molar-refractivity contribution in [3.63, 3.8) is 0 Å². The van der Waals surface area contributed by atoms with Crippen LogP contribution in [0.25, 0.3) is 0 Å². The summed E-state index contributed by atoms with van der Waals surface area (Å²) in [5.41, 5.74) is 4.30. The van der Waals surface area contributed by atoms with E-state index in [-0.39, 0.29) is 6.04 Å². The lowest BCUT2D eigenvalue weighted by molar-refractivity contribution is -0.930. The fourth-order valence-electron chi connectivity index (χ4n) is 4.73. The van der Waals surface area contributed by atoms with Gasteiger partial charge in [0.1, 0.15) is 6.54 Å². The highest BCUT2D eigenvalue weighted by Gasteiger charge is 2.33. The van der Waals surface area contributed by atoms with Crippen LogP contribution in [0, 0.1) is 5.92 Å². The maximum Gasteiger partial charge on any atom is 0.280 e. The molecule has 2 aromatic rings. The van der Waals surface area contributed by atoms with E-state index in [0.29, 0.717) is 11.8 Å². The van der Waals surface area contributed by atoms with Crippen LogP contribution in [-0.2, 0) is 24.2 Å². The standard InChI is InChI=1S/C24H30N2O/c1-19(26-16-13-22-9-5-6-10-23(22)18-26)24(27)25-14-11-21(12-15-25)17-20-7-3-2-4-8-20/h2-10,19,21H,11-18H2,1H3/p+1/t19-/m1/s1. The number of hydrogen-bond acceptors (Lipinski definition) is 1. The van der Waals surface area contributed by atoms with Crippen molar-refractivity contribution in [1.82, 2.24) is 4.90 Å². The van der Waals surface area contributed by atoms with Crippen LogP contribution >= 0.6 is 0 Å². The van der Waals surface area contributed by atoms with E-state index in [1.165, 1.54) is 21.6 Å². The Morgan fingerprint density at radius 1 is 1.04 bits per heavy atom. The molecule has 2 heterocycles. The average molecular weight is 364 g/mol. The molecule has 0 aliphatic carbocycles. The molecular weight excluding hydrogens is 332 g/mol.